The first kappa shape index (κ1) is 21.9. The van der Waals surface area contributed by atoms with E-state index in [9.17, 15) is 4.79 Å². The average molecular weight is 458 g/mol. The summed E-state index contributed by atoms with van der Waals surface area (Å²) in [6.07, 6.45) is 2.05. The fourth-order valence-corrected chi connectivity index (χ4v) is 4.24. The van der Waals surface area contributed by atoms with Crippen LogP contribution in [0.5, 0.6) is 17.2 Å². The molecule has 3 N–H and O–H groups in total. The number of amides is 1. The molecule has 3 aromatic carbocycles. The zero-order chi connectivity index (χ0) is 23.5. The topological polar surface area (TPSA) is 84.6 Å². The van der Waals surface area contributed by atoms with E-state index in [1.54, 1.807) is 19.2 Å². The molecule has 174 valence electrons. The number of rotatable bonds is 8. The van der Waals surface area contributed by atoms with E-state index in [1.807, 2.05) is 37.3 Å². The molecule has 34 heavy (non-hydrogen) atoms. The maximum Gasteiger partial charge on any atom is 0.241 e. The van der Waals surface area contributed by atoms with Gasteiger partial charge in [0.05, 0.1) is 13.2 Å². The van der Waals surface area contributed by atoms with Crippen molar-refractivity contribution in [1.82, 2.24) is 10.3 Å². The van der Waals surface area contributed by atoms with E-state index in [4.69, 9.17) is 14.2 Å². The Hall–Kier alpha value is -3.97. The van der Waals surface area contributed by atoms with Crippen LogP contribution < -0.4 is 24.8 Å². The number of para-hydroxylation sites is 1. The standard InChI is InChI=1S/C27H27N3O4/c1-17(27(31)30-19-9-12-25-26(13-19)34-16-33-25)28-14-22(18-7-10-20(32-2)11-8-18)23-15-29-24-6-4-3-5-21(23)24/h3-13,15,17,22,28-29H,14,16H2,1-2H3,(H,30,31)/t17-,22-/m0/s1. The highest BCUT2D eigenvalue weighted by Gasteiger charge is 2.22. The van der Waals surface area contributed by atoms with Gasteiger partial charge in [-0.1, -0.05) is 30.3 Å². The number of carbonyl (C=O) groups excluding carboxylic acids is 1. The molecule has 0 saturated heterocycles. The molecule has 1 aliphatic heterocycles. The summed E-state index contributed by atoms with van der Waals surface area (Å²) in [5, 5.41) is 7.55. The van der Waals surface area contributed by atoms with E-state index >= 15 is 0 Å². The van der Waals surface area contributed by atoms with Gasteiger partial charge in [0.25, 0.3) is 0 Å². The van der Waals surface area contributed by atoms with Crippen LogP contribution in [-0.4, -0.2) is 37.4 Å². The highest BCUT2D eigenvalue weighted by Crippen LogP contribution is 2.34. The van der Waals surface area contributed by atoms with Crippen LogP contribution in [0.2, 0.25) is 0 Å². The summed E-state index contributed by atoms with van der Waals surface area (Å²) in [7, 11) is 1.66. The van der Waals surface area contributed by atoms with Gasteiger partial charge in [0, 0.05) is 41.3 Å². The first-order valence-corrected chi connectivity index (χ1v) is 11.3. The number of carbonyl (C=O) groups is 1. The molecule has 2 heterocycles. The van der Waals surface area contributed by atoms with Gasteiger partial charge in [-0.05, 0) is 48.4 Å². The molecular formula is C27H27N3O4. The van der Waals surface area contributed by atoms with Crippen LogP contribution in [0.3, 0.4) is 0 Å². The minimum Gasteiger partial charge on any atom is -0.497 e. The van der Waals surface area contributed by atoms with Gasteiger partial charge in [-0.25, -0.2) is 0 Å². The molecule has 2 atom stereocenters. The van der Waals surface area contributed by atoms with Gasteiger partial charge in [0.2, 0.25) is 12.7 Å². The first-order valence-electron chi connectivity index (χ1n) is 11.3. The summed E-state index contributed by atoms with van der Waals surface area (Å²) in [5.74, 6) is 2.06. The SMILES string of the molecule is COc1ccc([C@H](CN[C@@H](C)C(=O)Nc2ccc3c(c2)OCO3)c2c[nH]c3ccccc23)cc1. The molecule has 1 aromatic heterocycles. The maximum atomic E-state index is 12.9. The van der Waals surface area contributed by atoms with Crippen LogP contribution >= 0.6 is 0 Å². The molecule has 0 aliphatic carbocycles. The zero-order valence-corrected chi connectivity index (χ0v) is 19.1. The number of aromatic amines is 1. The lowest BCUT2D eigenvalue weighted by atomic mass is 9.90. The number of benzene rings is 3. The third-order valence-electron chi connectivity index (χ3n) is 6.18. The molecular weight excluding hydrogens is 430 g/mol. The third kappa shape index (κ3) is 4.43. The fraction of sp³-hybridized carbons (Fsp3) is 0.222. The van der Waals surface area contributed by atoms with Crippen molar-refractivity contribution in [1.29, 1.82) is 0 Å². The normalized spacial score (nSPS) is 14.1. The number of nitrogens with one attached hydrogen (secondary N) is 3. The number of fused-ring (bicyclic) bond motifs is 2. The monoisotopic (exact) mass is 457 g/mol. The molecule has 7 heteroatoms. The van der Waals surface area contributed by atoms with E-state index in [-0.39, 0.29) is 18.6 Å². The van der Waals surface area contributed by atoms with Gasteiger partial charge in [-0.2, -0.15) is 0 Å². The third-order valence-corrected chi connectivity index (χ3v) is 6.18. The highest BCUT2D eigenvalue weighted by molar-refractivity contribution is 5.95. The Morgan fingerprint density at radius 2 is 1.85 bits per heavy atom. The van der Waals surface area contributed by atoms with Crippen LogP contribution in [0.4, 0.5) is 5.69 Å². The fourth-order valence-electron chi connectivity index (χ4n) is 4.24. The van der Waals surface area contributed by atoms with Crippen LogP contribution in [0.15, 0.2) is 72.9 Å². The lowest BCUT2D eigenvalue weighted by molar-refractivity contribution is -0.117. The van der Waals surface area contributed by atoms with Crippen LogP contribution in [-0.2, 0) is 4.79 Å². The predicted molar refractivity (Wildman–Crippen MR) is 132 cm³/mol. The Morgan fingerprint density at radius 1 is 1.06 bits per heavy atom. The van der Waals surface area contributed by atoms with Crippen molar-refractivity contribution in [2.24, 2.45) is 0 Å². The van der Waals surface area contributed by atoms with E-state index in [2.05, 4.69) is 46.1 Å². The minimum atomic E-state index is -0.406. The lowest BCUT2D eigenvalue weighted by Crippen LogP contribution is -2.40. The summed E-state index contributed by atoms with van der Waals surface area (Å²) < 4.78 is 16.1. The first-order chi connectivity index (χ1) is 16.6. The van der Waals surface area contributed by atoms with E-state index in [0.717, 1.165) is 16.8 Å². The van der Waals surface area contributed by atoms with E-state index in [0.29, 0.717) is 23.7 Å². The maximum absolute atomic E-state index is 12.9. The number of H-pyrrole nitrogens is 1. The van der Waals surface area contributed by atoms with Crippen LogP contribution in [0.25, 0.3) is 10.9 Å². The number of hydrogen-bond acceptors (Lipinski definition) is 5. The minimum absolute atomic E-state index is 0.0443. The Labute approximate surface area is 198 Å². The van der Waals surface area contributed by atoms with E-state index in [1.165, 1.54) is 10.9 Å². The molecule has 4 aromatic rings. The molecule has 0 fully saturated rings. The largest absolute Gasteiger partial charge is 0.497 e. The summed E-state index contributed by atoms with van der Waals surface area (Å²) in [6, 6.07) is 21.3. The van der Waals surface area contributed by atoms with Crippen molar-refractivity contribution >= 4 is 22.5 Å². The van der Waals surface area contributed by atoms with Gasteiger partial charge in [-0.15, -0.1) is 0 Å². The quantitative estimate of drug-likeness (QED) is 0.359. The van der Waals surface area contributed by atoms with Crippen LogP contribution in [0, 0.1) is 0 Å². The second-order valence-electron chi connectivity index (χ2n) is 8.30. The molecule has 0 unspecified atom stereocenters. The second-order valence-corrected chi connectivity index (χ2v) is 8.30. The van der Waals surface area contributed by atoms with Gasteiger partial charge < -0.3 is 29.8 Å². The molecule has 5 rings (SSSR count). The second kappa shape index (κ2) is 9.49. The molecule has 7 nitrogen and oxygen atoms in total. The number of anilines is 1. The molecule has 0 bridgehead atoms. The van der Waals surface area contributed by atoms with Crippen molar-refractivity contribution in [2.75, 3.05) is 25.8 Å². The smallest absolute Gasteiger partial charge is 0.241 e. The van der Waals surface area contributed by atoms with Gasteiger partial charge >= 0.3 is 0 Å². The van der Waals surface area contributed by atoms with Crippen molar-refractivity contribution in [3.05, 3.63) is 84.1 Å². The number of methoxy groups -OCH3 is 1. The van der Waals surface area contributed by atoms with E-state index < -0.39 is 6.04 Å². The summed E-state index contributed by atoms with van der Waals surface area (Å²) >= 11 is 0. The van der Waals surface area contributed by atoms with Crippen molar-refractivity contribution in [2.45, 2.75) is 18.9 Å². The number of ether oxygens (including phenoxy) is 3. The van der Waals surface area contributed by atoms with Gasteiger partial charge in [-0.3, -0.25) is 4.79 Å². The zero-order valence-electron chi connectivity index (χ0n) is 19.1. The highest BCUT2D eigenvalue weighted by atomic mass is 16.7. The Kier molecular flexibility index (Phi) is 6.10. The summed E-state index contributed by atoms with van der Waals surface area (Å²) in [6.45, 7) is 2.65. The van der Waals surface area contributed by atoms with Crippen molar-refractivity contribution in [3.8, 4) is 17.2 Å². The Balaban J connectivity index is 1.33. The van der Waals surface area contributed by atoms with Crippen molar-refractivity contribution < 1.29 is 19.0 Å². The summed E-state index contributed by atoms with van der Waals surface area (Å²) in [5.41, 5.74) is 4.08. The van der Waals surface area contributed by atoms with Crippen molar-refractivity contribution in [3.63, 3.8) is 0 Å². The average Bonchev–Trinajstić information content (AvgIpc) is 3.51. The van der Waals surface area contributed by atoms with Gasteiger partial charge in [0.15, 0.2) is 11.5 Å². The molecule has 1 amide bonds. The number of hydrogen-bond donors (Lipinski definition) is 3. The lowest BCUT2D eigenvalue weighted by Gasteiger charge is -2.21. The Morgan fingerprint density at radius 3 is 2.68 bits per heavy atom. The molecule has 0 spiro atoms. The molecule has 1 aliphatic rings. The molecule has 0 radical (unpaired) electrons. The Bertz CT molecular complexity index is 1300. The van der Waals surface area contributed by atoms with Crippen LogP contribution in [0.1, 0.15) is 24.0 Å². The summed E-state index contributed by atoms with van der Waals surface area (Å²) in [4.78, 5) is 16.2. The number of aromatic nitrogens is 1. The van der Waals surface area contributed by atoms with Gasteiger partial charge in [0.1, 0.15) is 5.75 Å². The molecule has 0 saturated carbocycles. The predicted octanol–water partition coefficient (Wildman–Crippen LogP) is 4.65.